The first-order valence-corrected chi connectivity index (χ1v) is 5.46. The smallest absolute Gasteiger partial charge is 0.159 e. The van der Waals surface area contributed by atoms with Crippen LogP contribution in [0.5, 0.6) is 5.75 Å². The van der Waals surface area contributed by atoms with Gasteiger partial charge in [-0.3, -0.25) is 0 Å². The molecule has 16 heavy (non-hydrogen) atoms. The molecule has 1 aromatic carbocycles. The summed E-state index contributed by atoms with van der Waals surface area (Å²) in [6.07, 6.45) is 0. The number of nitrogens with zero attached hydrogens (tertiary/aromatic N) is 2. The molecule has 0 atom stereocenters. The van der Waals surface area contributed by atoms with E-state index in [-0.39, 0.29) is 0 Å². The average Bonchev–Trinajstić information content (AvgIpc) is 2.77. The van der Waals surface area contributed by atoms with Gasteiger partial charge in [0.25, 0.3) is 0 Å². The number of methoxy groups -OCH3 is 1. The van der Waals surface area contributed by atoms with E-state index < -0.39 is 0 Å². The fourth-order valence-electron chi connectivity index (χ4n) is 1.29. The van der Waals surface area contributed by atoms with Crippen LogP contribution in [0.25, 0.3) is 0 Å². The minimum Gasteiger partial charge on any atom is -0.495 e. The summed E-state index contributed by atoms with van der Waals surface area (Å²) < 4.78 is 5.20. The van der Waals surface area contributed by atoms with Gasteiger partial charge in [0, 0.05) is 0 Å². The van der Waals surface area contributed by atoms with Crippen molar-refractivity contribution in [2.75, 3.05) is 12.4 Å². The van der Waals surface area contributed by atoms with Gasteiger partial charge in [0.1, 0.15) is 16.7 Å². The SMILES string of the molecule is COc1ccccc1Nc1ncsc1C#N. The Balaban J connectivity index is 2.31. The van der Waals surface area contributed by atoms with Crippen LogP contribution in [0.3, 0.4) is 0 Å². The van der Waals surface area contributed by atoms with Gasteiger partial charge < -0.3 is 10.1 Å². The maximum atomic E-state index is 8.86. The Bertz CT molecular complexity index is 530. The van der Waals surface area contributed by atoms with Crippen LogP contribution in [0.1, 0.15) is 4.88 Å². The van der Waals surface area contributed by atoms with Crippen LogP contribution in [-0.2, 0) is 0 Å². The number of hydrogen-bond donors (Lipinski definition) is 1. The van der Waals surface area contributed by atoms with Crippen LogP contribution in [0.15, 0.2) is 29.8 Å². The van der Waals surface area contributed by atoms with Gasteiger partial charge in [-0.25, -0.2) is 4.98 Å². The molecule has 1 heterocycles. The van der Waals surface area contributed by atoms with E-state index in [2.05, 4.69) is 16.4 Å². The summed E-state index contributed by atoms with van der Waals surface area (Å²) in [7, 11) is 1.60. The molecule has 0 aliphatic rings. The van der Waals surface area contributed by atoms with Crippen molar-refractivity contribution in [3.05, 3.63) is 34.7 Å². The summed E-state index contributed by atoms with van der Waals surface area (Å²) in [5.74, 6) is 1.29. The molecule has 0 radical (unpaired) electrons. The number of nitrogens with one attached hydrogen (secondary N) is 1. The molecule has 0 saturated carbocycles. The van der Waals surface area contributed by atoms with E-state index >= 15 is 0 Å². The highest BCUT2D eigenvalue weighted by Crippen LogP contribution is 2.28. The number of hydrogen-bond acceptors (Lipinski definition) is 5. The van der Waals surface area contributed by atoms with Crippen molar-refractivity contribution >= 4 is 22.8 Å². The van der Waals surface area contributed by atoms with Crippen LogP contribution in [0.4, 0.5) is 11.5 Å². The maximum Gasteiger partial charge on any atom is 0.159 e. The van der Waals surface area contributed by atoms with Crippen LogP contribution >= 0.6 is 11.3 Å². The van der Waals surface area contributed by atoms with Gasteiger partial charge in [-0.1, -0.05) is 12.1 Å². The number of anilines is 2. The highest BCUT2D eigenvalue weighted by Gasteiger charge is 2.08. The number of rotatable bonds is 3. The fraction of sp³-hybridized carbons (Fsp3) is 0.0909. The van der Waals surface area contributed by atoms with Crippen molar-refractivity contribution in [3.8, 4) is 11.8 Å². The van der Waals surface area contributed by atoms with Gasteiger partial charge in [-0.05, 0) is 12.1 Å². The van der Waals surface area contributed by atoms with Crippen molar-refractivity contribution in [2.24, 2.45) is 0 Å². The minimum absolute atomic E-state index is 0.561. The predicted octanol–water partition coefficient (Wildman–Crippen LogP) is 2.77. The third-order valence-corrected chi connectivity index (χ3v) is 2.76. The van der Waals surface area contributed by atoms with Gasteiger partial charge in [0.05, 0.1) is 18.3 Å². The van der Waals surface area contributed by atoms with Crippen molar-refractivity contribution in [1.29, 1.82) is 5.26 Å². The normalized spacial score (nSPS) is 9.50. The lowest BCUT2D eigenvalue weighted by Crippen LogP contribution is -1.95. The lowest BCUT2D eigenvalue weighted by atomic mass is 10.3. The highest BCUT2D eigenvalue weighted by atomic mass is 32.1. The third-order valence-electron chi connectivity index (χ3n) is 2.03. The van der Waals surface area contributed by atoms with E-state index in [1.54, 1.807) is 12.6 Å². The van der Waals surface area contributed by atoms with E-state index in [4.69, 9.17) is 10.00 Å². The Hall–Kier alpha value is -2.06. The van der Waals surface area contributed by atoms with Crippen LogP contribution in [0, 0.1) is 11.3 Å². The number of thiazole rings is 1. The van der Waals surface area contributed by atoms with Crippen molar-refractivity contribution in [1.82, 2.24) is 4.98 Å². The van der Waals surface area contributed by atoms with Crippen molar-refractivity contribution in [2.45, 2.75) is 0 Å². The number of ether oxygens (including phenoxy) is 1. The molecule has 2 rings (SSSR count). The molecular weight excluding hydrogens is 222 g/mol. The Kier molecular flexibility index (Phi) is 3.03. The van der Waals surface area contributed by atoms with E-state index in [9.17, 15) is 0 Å². The molecule has 0 unspecified atom stereocenters. The van der Waals surface area contributed by atoms with Crippen LogP contribution in [0.2, 0.25) is 0 Å². The van der Waals surface area contributed by atoms with E-state index in [1.165, 1.54) is 11.3 Å². The Morgan fingerprint density at radius 3 is 3.00 bits per heavy atom. The molecule has 4 nitrogen and oxygen atoms in total. The topological polar surface area (TPSA) is 57.9 Å². The quantitative estimate of drug-likeness (QED) is 0.882. The largest absolute Gasteiger partial charge is 0.495 e. The molecule has 0 spiro atoms. The molecule has 0 saturated heterocycles. The summed E-state index contributed by atoms with van der Waals surface area (Å²) in [5, 5.41) is 11.9. The highest BCUT2D eigenvalue weighted by molar-refractivity contribution is 7.10. The molecule has 1 aromatic heterocycles. The zero-order chi connectivity index (χ0) is 11.4. The summed E-state index contributed by atoms with van der Waals surface area (Å²) in [6, 6.07) is 9.59. The van der Waals surface area contributed by atoms with Gasteiger partial charge in [0.15, 0.2) is 5.82 Å². The van der Waals surface area contributed by atoms with E-state index in [1.807, 2.05) is 24.3 Å². The summed E-state index contributed by atoms with van der Waals surface area (Å²) in [5.41, 5.74) is 2.43. The molecule has 2 aromatic rings. The number of benzene rings is 1. The molecule has 0 aliphatic carbocycles. The zero-order valence-electron chi connectivity index (χ0n) is 8.60. The number of para-hydroxylation sites is 2. The fourth-order valence-corrected chi connectivity index (χ4v) is 1.82. The molecule has 0 aliphatic heterocycles. The number of nitriles is 1. The van der Waals surface area contributed by atoms with Crippen molar-refractivity contribution in [3.63, 3.8) is 0 Å². The average molecular weight is 231 g/mol. The lowest BCUT2D eigenvalue weighted by molar-refractivity contribution is 0.417. The molecule has 5 heteroatoms. The van der Waals surface area contributed by atoms with E-state index in [0.717, 1.165) is 11.4 Å². The van der Waals surface area contributed by atoms with Crippen LogP contribution in [-0.4, -0.2) is 12.1 Å². The van der Waals surface area contributed by atoms with Gasteiger partial charge >= 0.3 is 0 Å². The minimum atomic E-state index is 0.561. The molecule has 0 amide bonds. The summed E-state index contributed by atoms with van der Waals surface area (Å²) >= 11 is 1.31. The maximum absolute atomic E-state index is 8.86. The van der Waals surface area contributed by atoms with Crippen molar-refractivity contribution < 1.29 is 4.74 Å². The summed E-state index contributed by atoms with van der Waals surface area (Å²) in [6.45, 7) is 0. The second-order valence-corrected chi connectivity index (χ2v) is 3.82. The molecule has 1 N–H and O–H groups in total. The lowest BCUT2D eigenvalue weighted by Gasteiger charge is -2.08. The van der Waals surface area contributed by atoms with Gasteiger partial charge in [0.2, 0.25) is 0 Å². The standard InChI is InChI=1S/C11H9N3OS/c1-15-9-5-3-2-4-8(9)14-11-10(6-12)16-7-13-11/h2-5,7,14H,1H3. The Morgan fingerprint density at radius 1 is 1.44 bits per heavy atom. The van der Waals surface area contributed by atoms with E-state index in [0.29, 0.717) is 10.7 Å². The summed E-state index contributed by atoms with van der Waals surface area (Å²) in [4.78, 5) is 4.65. The molecular formula is C11H9N3OS. The first-order chi connectivity index (χ1) is 7.85. The Morgan fingerprint density at radius 2 is 2.25 bits per heavy atom. The molecule has 0 fully saturated rings. The number of aromatic nitrogens is 1. The third kappa shape index (κ3) is 1.97. The monoisotopic (exact) mass is 231 g/mol. The second-order valence-electron chi connectivity index (χ2n) is 2.97. The molecule has 0 bridgehead atoms. The first kappa shape index (κ1) is 10.5. The van der Waals surface area contributed by atoms with Gasteiger partial charge in [-0.2, -0.15) is 5.26 Å². The van der Waals surface area contributed by atoms with Crippen LogP contribution < -0.4 is 10.1 Å². The molecule has 80 valence electrons. The second kappa shape index (κ2) is 4.64. The first-order valence-electron chi connectivity index (χ1n) is 4.58. The van der Waals surface area contributed by atoms with Gasteiger partial charge in [-0.15, -0.1) is 11.3 Å². The Labute approximate surface area is 97.1 Å². The zero-order valence-corrected chi connectivity index (χ0v) is 9.41. The predicted molar refractivity (Wildman–Crippen MR) is 63.1 cm³/mol.